The number of hydrogen-bond donors (Lipinski definition) is 2. The third-order valence-electron chi connectivity index (χ3n) is 2.19. The number of rotatable bonds is 1. The first-order valence-electron chi connectivity index (χ1n) is 5.12. The van der Waals surface area contributed by atoms with Crippen LogP contribution in [0.4, 0.5) is 4.79 Å². The number of nitrogens with one attached hydrogen (secondary N) is 1. The average Bonchev–Trinajstić information content (AvgIpc) is 2.30. The Balaban J connectivity index is 0.00000196. The predicted molar refractivity (Wildman–Crippen MR) is 62.2 cm³/mol. The fourth-order valence-electron chi connectivity index (χ4n) is 1.62. The van der Waals surface area contributed by atoms with Crippen LogP contribution in [-0.4, -0.2) is 23.8 Å². The summed E-state index contributed by atoms with van der Waals surface area (Å²) < 4.78 is 5.14. The number of hydrogen-bond acceptors (Lipinski definition) is 3. The third kappa shape index (κ3) is 5.85. The highest BCUT2D eigenvalue weighted by Crippen LogP contribution is 2.17. The van der Waals surface area contributed by atoms with Gasteiger partial charge in [0.2, 0.25) is 0 Å². The summed E-state index contributed by atoms with van der Waals surface area (Å²) in [6.07, 6.45) is 2.47. The smallest absolute Gasteiger partial charge is 0.407 e. The van der Waals surface area contributed by atoms with E-state index in [9.17, 15) is 4.79 Å². The normalized spacial score (nSPS) is 25.6. The van der Waals surface area contributed by atoms with E-state index in [4.69, 9.17) is 10.5 Å². The monoisotopic (exact) mass is 236 g/mol. The van der Waals surface area contributed by atoms with Crippen molar-refractivity contribution in [3.8, 4) is 0 Å². The van der Waals surface area contributed by atoms with Gasteiger partial charge in [0.1, 0.15) is 5.60 Å². The van der Waals surface area contributed by atoms with E-state index in [0.29, 0.717) is 0 Å². The molecule has 0 aliphatic heterocycles. The molecule has 15 heavy (non-hydrogen) atoms. The van der Waals surface area contributed by atoms with Crippen molar-refractivity contribution in [3.63, 3.8) is 0 Å². The predicted octanol–water partition coefficient (Wildman–Crippen LogP) is 1.81. The number of carbonyl (C=O) groups excluding carboxylic acids is 1. The van der Waals surface area contributed by atoms with E-state index >= 15 is 0 Å². The van der Waals surface area contributed by atoms with Crippen molar-refractivity contribution in [1.29, 1.82) is 0 Å². The first kappa shape index (κ1) is 14.5. The van der Waals surface area contributed by atoms with Crippen LogP contribution in [0.5, 0.6) is 0 Å². The number of nitrogens with two attached hydrogens (primary N) is 1. The molecule has 3 N–H and O–H groups in total. The summed E-state index contributed by atoms with van der Waals surface area (Å²) in [6.45, 7) is 5.56. The van der Waals surface area contributed by atoms with Gasteiger partial charge in [0.05, 0.1) is 0 Å². The van der Waals surface area contributed by atoms with Gasteiger partial charge in [-0.05, 0) is 40.0 Å². The molecule has 4 nitrogen and oxygen atoms in total. The molecule has 90 valence electrons. The largest absolute Gasteiger partial charge is 0.444 e. The molecule has 1 saturated carbocycles. The molecule has 1 rings (SSSR count). The van der Waals surface area contributed by atoms with Crippen LogP contribution in [0.2, 0.25) is 0 Å². The summed E-state index contributed by atoms with van der Waals surface area (Å²) in [6, 6.07) is 0.426. The van der Waals surface area contributed by atoms with Gasteiger partial charge in [-0.1, -0.05) is 0 Å². The molecule has 0 unspecified atom stereocenters. The molecule has 2 atom stereocenters. The molecule has 1 aliphatic rings. The molecule has 1 fully saturated rings. The van der Waals surface area contributed by atoms with Gasteiger partial charge >= 0.3 is 6.09 Å². The van der Waals surface area contributed by atoms with Gasteiger partial charge in [-0.25, -0.2) is 4.79 Å². The summed E-state index contributed by atoms with van der Waals surface area (Å²) in [5, 5.41) is 2.82. The first-order valence-corrected chi connectivity index (χ1v) is 5.12. The molecule has 0 aromatic rings. The van der Waals surface area contributed by atoms with E-state index < -0.39 is 5.60 Å². The standard InChI is InChI=1S/C10H20N2O2.ClH/c1-10(2,3)14-9(13)12-8-5-4-7(11)6-8;/h7-8H,4-6,11H2,1-3H3,(H,12,13);1H/t7-,8+;/m0./s1. The van der Waals surface area contributed by atoms with E-state index in [1.807, 2.05) is 20.8 Å². The minimum Gasteiger partial charge on any atom is -0.444 e. The van der Waals surface area contributed by atoms with E-state index in [1.165, 1.54) is 0 Å². The van der Waals surface area contributed by atoms with Crippen LogP contribution in [0.1, 0.15) is 40.0 Å². The fraction of sp³-hybridized carbons (Fsp3) is 0.900. The van der Waals surface area contributed by atoms with E-state index in [1.54, 1.807) is 0 Å². The Hall–Kier alpha value is -0.480. The second-order valence-electron chi connectivity index (χ2n) is 4.92. The van der Waals surface area contributed by atoms with Crippen molar-refractivity contribution in [2.75, 3.05) is 0 Å². The average molecular weight is 237 g/mol. The Bertz CT molecular complexity index is 216. The molecule has 1 aliphatic carbocycles. The molecular weight excluding hydrogens is 216 g/mol. The van der Waals surface area contributed by atoms with Crippen molar-refractivity contribution in [3.05, 3.63) is 0 Å². The van der Waals surface area contributed by atoms with Crippen LogP contribution >= 0.6 is 12.4 Å². The van der Waals surface area contributed by atoms with Gasteiger partial charge in [0.25, 0.3) is 0 Å². The van der Waals surface area contributed by atoms with Crippen molar-refractivity contribution in [1.82, 2.24) is 5.32 Å². The van der Waals surface area contributed by atoms with Gasteiger partial charge in [-0.2, -0.15) is 0 Å². The zero-order valence-electron chi connectivity index (χ0n) is 9.58. The molecule has 0 spiro atoms. The molecule has 0 aromatic carbocycles. The molecule has 0 bridgehead atoms. The highest BCUT2D eigenvalue weighted by atomic mass is 35.5. The minimum atomic E-state index is -0.426. The van der Waals surface area contributed by atoms with Gasteiger partial charge in [0.15, 0.2) is 0 Å². The lowest BCUT2D eigenvalue weighted by molar-refractivity contribution is 0.0505. The molecule has 1 amide bonds. The van der Waals surface area contributed by atoms with Gasteiger partial charge in [0, 0.05) is 12.1 Å². The van der Waals surface area contributed by atoms with E-state index in [2.05, 4.69) is 5.32 Å². The Morgan fingerprint density at radius 1 is 1.40 bits per heavy atom. The quantitative estimate of drug-likeness (QED) is 0.730. The summed E-state index contributed by atoms with van der Waals surface area (Å²) in [7, 11) is 0. The second kappa shape index (κ2) is 5.56. The SMILES string of the molecule is CC(C)(C)OC(=O)N[C@@H]1CC[C@H](N)C1.Cl. The maximum absolute atomic E-state index is 11.3. The van der Waals surface area contributed by atoms with Crippen molar-refractivity contribution >= 4 is 18.5 Å². The molecule has 5 heteroatoms. The number of carbonyl (C=O) groups is 1. The summed E-state index contributed by atoms with van der Waals surface area (Å²) in [5.74, 6) is 0. The van der Waals surface area contributed by atoms with Crippen LogP contribution in [0, 0.1) is 0 Å². The summed E-state index contributed by atoms with van der Waals surface area (Å²) in [5.41, 5.74) is 5.31. The van der Waals surface area contributed by atoms with Crippen LogP contribution in [0.15, 0.2) is 0 Å². The summed E-state index contributed by atoms with van der Waals surface area (Å²) >= 11 is 0. The minimum absolute atomic E-state index is 0. The van der Waals surface area contributed by atoms with Gasteiger partial charge in [-0.15, -0.1) is 12.4 Å². The number of ether oxygens (including phenoxy) is 1. The fourth-order valence-corrected chi connectivity index (χ4v) is 1.62. The molecular formula is C10H21ClN2O2. The Morgan fingerprint density at radius 3 is 2.40 bits per heavy atom. The zero-order chi connectivity index (χ0) is 10.8. The van der Waals surface area contributed by atoms with Crippen LogP contribution in [0.3, 0.4) is 0 Å². The second-order valence-corrected chi connectivity index (χ2v) is 4.92. The van der Waals surface area contributed by atoms with Crippen molar-refractivity contribution in [2.24, 2.45) is 5.73 Å². The molecule has 0 heterocycles. The number of halogens is 1. The van der Waals surface area contributed by atoms with E-state index in [-0.39, 0.29) is 30.6 Å². The Kier molecular flexibility index (Phi) is 5.38. The maximum Gasteiger partial charge on any atom is 0.407 e. The number of alkyl carbamates (subject to hydrolysis) is 1. The first-order chi connectivity index (χ1) is 6.37. The van der Waals surface area contributed by atoms with Crippen LogP contribution in [-0.2, 0) is 4.74 Å². The van der Waals surface area contributed by atoms with Crippen LogP contribution < -0.4 is 11.1 Å². The molecule has 0 saturated heterocycles. The van der Waals surface area contributed by atoms with Crippen LogP contribution in [0.25, 0.3) is 0 Å². The highest BCUT2D eigenvalue weighted by molar-refractivity contribution is 5.85. The zero-order valence-corrected chi connectivity index (χ0v) is 10.4. The lowest BCUT2D eigenvalue weighted by atomic mass is 10.2. The molecule has 0 radical (unpaired) electrons. The Labute approximate surface area is 97.3 Å². The number of amides is 1. The van der Waals surface area contributed by atoms with Gasteiger partial charge < -0.3 is 15.8 Å². The third-order valence-corrected chi connectivity index (χ3v) is 2.19. The maximum atomic E-state index is 11.3. The van der Waals surface area contributed by atoms with Gasteiger partial charge in [-0.3, -0.25) is 0 Å². The van der Waals surface area contributed by atoms with E-state index in [0.717, 1.165) is 19.3 Å². The topological polar surface area (TPSA) is 64.3 Å². The van der Waals surface area contributed by atoms with Crippen molar-refractivity contribution < 1.29 is 9.53 Å². The Morgan fingerprint density at radius 2 is 2.00 bits per heavy atom. The lowest BCUT2D eigenvalue weighted by Crippen LogP contribution is -2.38. The highest BCUT2D eigenvalue weighted by Gasteiger charge is 2.25. The van der Waals surface area contributed by atoms with Crippen molar-refractivity contribution in [2.45, 2.75) is 57.7 Å². The summed E-state index contributed by atoms with van der Waals surface area (Å²) in [4.78, 5) is 11.3. The molecule has 0 aromatic heterocycles. The lowest BCUT2D eigenvalue weighted by Gasteiger charge is -2.21.